The highest BCUT2D eigenvalue weighted by Crippen LogP contribution is 2.36. The van der Waals surface area contributed by atoms with Crippen molar-refractivity contribution in [3.05, 3.63) is 70.0 Å². The number of rotatable bonds is 3. The Kier molecular flexibility index (Phi) is 4.81. The van der Waals surface area contributed by atoms with E-state index in [2.05, 4.69) is 15.1 Å². The number of benzene rings is 2. The number of hydrogen-bond acceptors (Lipinski definition) is 4. The average molecular weight is 399 g/mol. The van der Waals surface area contributed by atoms with Crippen LogP contribution in [-0.4, -0.2) is 26.6 Å². The van der Waals surface area contributed by atoms with Crippen LogP contribution >= 0.6 is 23.2 Å². The number of nitrogens with zero attached hydrogens (tertiary/aromatic N) is 4. The molecule has 3 aromatic rings. The van der Waals surface area contributed by atoms with Gasteiger partial charge in [-0.25, -0.2) is 5.01 Å². The Morgan fingerprint density at radius 1 is 1.11 bits per heavy atom. The summed E-state index contributed by atoms with van der Waals surface area (Å²) in [6.45, 7) is 1.82. The summed E-state index contributed by atoms with van der Waals surface area (Å²) in [4.78, 5) is 21.2. The second kappa shape index (κ2) is 7.25. The highest BCUT2D eigenvalue weighted by Gasteiger charge is 2.33. The molecule has 1 amide bonds. The van der Waals surface area contributed by atoms with Crippen LogP contribution < -0.4 is 0 Å². The van der Waals surface area contributed by atoms with Crippen molar-refractivity contribution in [1.29, 1.82) is 0 Å². The van der Waals surface area contributed by atoms with E-state index < -0.39 is 0 Å². The minimum atomic E-state index is -0.214. The van der Waals surface area contributed by atoms with Crippen molar-refractivity contribution in [1.82, 2.24) is 15.0 Å². The molecule has 1 atom stereocenters. The molecule has 2 heterocycles. The molecule has 0 aliphatic carbocycles. The molecule has 0 unspecified atom stereocenters. The van der Waals surface area contributed by atoms with E-state index >= 15 is 0 Å². The summed E-state index contributed by atoms with van der Waals surface area (Å²) in [7, 11) is 0. The van der Waals surface area contributed by atoms with Crippen LogP contribution in [0, 0.1) is 0 Å². The highest BCUT2D eigenvalue weighted by atomic mass is 35.5. The Morgan fingerprint density at radius 2 is 1.89 bits per heavy atom. The van der Waals surface area contributed by atoms with Crippen molar-refractivity contribution in [2.24, 2.45) is 5.10 Å². The van der Waals surface area contributed by atoms with Gasteiger partial charge in [0.15, 0.2) is 0 Å². The van der Waals surface area contributed by atoms with E-state index in [1.54, 1.807) is 35.6 Å². The molecule has 1 aliphatic rings. The third-order valence-electron chi connectivity index (χ3n) is 4.59. The van der Waals surface area contributed by atoms with Crippen molar-refractivity contribution in [2.75, 3.05) is 0 Å². The minimum Gasteiger partial charge on any atom is -0.273 e. The van der Waals surface area contributed by atoms with Crippen LogP contribution in [0.3, 0.4) is 0 Å². The molecule has 4 rings (SSSR count). The third kappa shape index (κ3) is 3.40. The fourth-order valence-electron chi connectivity index (χ4n) is 3.23. The molecule has 0 spiro atoms. The van der Waals surface area contributed by atoms with Gasteiger partial charge in [0.2, 0.25) is 5.91 Å². The molecule has 0 radical (unpaired) electrons. The summed E-state index contributed by atoms with van der Waals surface area (Å²) in [5.74, 6) is -0.0487. The summed E-state index contributed by atoms with van der Waals surface area (Å²) in [5, 5.41) is 7.28. The van der Waals surface area contributed by atoms with Crippen LogP contribution in [0.25, 0.3) is 11.0 Å². The molecule has 0 N–H and O–H groups in total. The lowest BCUT2D eigenvalue weighted by Gasteiger charge is -2.21. The molecule has 7 heteroatoms. The molecule has 27 heavy (non-hydrogen) atoms. The first kappa shape index (κ1) is 17.9. The second-order valence-electron chi connectivity index (χ2n) is 6.29. The molecule has 5 nitrogen and oxygen atoms in total. The van der Waals surface area contributed by atoms with Gasteiger partial charge in [0.1, 0.15) is 0 Å². The Balaban J connectivity index is 1.76. The Bertz CT molecular complexity index is 1070. The van der Waals surface area contributed by atoms with E-state index in [1.807, 2.05) is 25.1 Å². The molecular weight excluding hydrogens is 383 g/mol. The maximum absolute atomic E-state index is 12.5. The molecule has 2 aromatic carbocycles. The maximum Gasteiger partial charge on any atom is 0.242 e. The van der Waals surface area contributed by atoms with Gasteiger partial charge in [-0.1, -0.05) is 36.2 Å². The zero-order valence-corrected chi connectivity index (χ0v) is 16.1. The van der Waals surface area contributed by atoms with Crippen LogP contribution in [0.15, 0.2) is 53.9 Å². The zero-order chi connectivity index (χ0) is 19.0. The largest absolute Gasteiger partial charge is 0.273 e. The topological polar surface area (TPSA) is 58.5 Å². The number of hydrogen-bond donors (Lipinski definition) is 0. The molecule has 136 valence electrons. The summed E-state index contributed by atoms with van der Waals surface area (Å²) < 4.78 is 0. The van der Waals surface area contributed by atoms with Crippen molar-refractivity contribution in [3.8, 4) is 0 Å². The van der Waals surface area contributed by atoms with Crippen molar-refractivity contribution in [2.45, 2.75) is 25.8 Å². The minimum absolute atomic E-state index is 0.0487. The standard InChI is InChI=1S/C20H16Cl2N4O/c1-2-20(27)26-19(12-3-6-16-18(9-12)24-8-7-23-16)11-17(25-26)14-10-13(21)4-5-15(14)22/h3-10,19H,2,11H2,1H3/t19-/m1/s1. The van der Waals surface area contributed by atoms with Gasteiger partial charge in [0.25, 0.3) is 0 Å². The average Bonchev–Trinajstić information content (AvgIpc) is 3.14. The van der Waals surface area contributed by atoms with Gasteiger partial charge in [-0.2, -0.15) is 5.10 Å². The molecule has 1 aliphatic heterocycles. The van der Waals surface area contributed by atoms with E-state index in [0.717, 1.165) is 27.9 Å². The fraction of sp³-hybridized carbons (Fsp3) is 0.200. The lowest BCUT2D eigenvalue weighted by molar-refractivity contribution is -0.132. The second-order valence-corrected chi connectivity index (χ2v) is 7.13. The lowest BCUT2D eigenvalue weighted by Crippen LogP contribution is -2.26. The molecule has 0 bridgehead atoms. The monoisotopic (exact) mass is 398 g/mol. The summed E-state index contributed by atoms with van der Waals surface area (Å²) in [6, 6.07) is 10.9. The zero-order valence-electron chi connectivity index (χ0n) is 14.6. The van der Waals surface area contributed by atoms with E-state index in [1.165, 1.54) is 0 Å². The number of carbonyl (C=O) groups excluding carboxylic acids is 1. The first-order valence-electron chi connectivity index (χ1n) is 8.62. The third-order valence-corrected chi connectivity index (χ3v) is 5.15. The van der Waals surface area contributed by atoms with Gasteiger partial charge >= 0.3 is 0 Å². The predicted octanol–water partition coefficient (Wildman–Crippen LogP) is 5.02. The summed E-state index contributed by atoms with van der Waals surface area (Å²) in [5.41, 5.74) is 4.05. The number of halogens is 2. The maximum atomic E-state index is 12.5. The summed E-state index contributed by atoms with van der Waals surface area (Å²) in [6.07, 6.45) is 4.23. The van der Waals surface area contributed by atoms with Gasteiger partial charge in [-0.15, -0.1) is 0 Å². The lowest BCUT2D eigenvalue weighted by atomic mass is 9.98. The molecule has 0 saturated heterocycles. The van der Waals surface area contributed by atoms with Gasteiger partial charge in [0, 0.05) is 40.8 Å². The van der Waals surface area contributed by atoms with Gasteiger partial charge in [-0.05, 0) is 35.9 Å². The number of amides is 1. The van der Waals surface area contributed by atoms with Crippen LogP contribution in [0.4, 0.5) is 0 Å². The van der Waals surface area contributed by atoms with Crippen molar-refractivity contribution < 1.29 is 4.79 Å². The van der Waals surface area contributed by atoms with E-state index in [0.29, 0.717) is 22.9 Å². The first-order valence-corrected chi connectivity index (χ1v) is 9.38. The fourth-order valence-corrected chi connectivity index (χ4v) is 3.63. The number of aromatic nitrogens is 2. The van der Waals surface area contributed by atoms with Crippen LogP contribution in [0.2, 0.25) is 10.0 Å². The SMILES string of the molecule is CCC(=O)N1N=C(c2cc(Cl)ccc2Cl)C[C@@H]1c1ccc2nccnc2c1. The molecule has 0 saturated carbocycles. The van der Waals surface area contributed by atoms with E-state index in [9.17, 15) is 4.79 Å². The van der Waals surface area contributed by atoms with Crippen LogP contribution in [0.5, 0.6) is 0 Å². The molecule has 0 fully saturated rings. The smallest absolute Gasteiger partial charge is 0.242 e. The molecule has 1 aromatic heterocycles. The van der Waals surface area contributed by atoms with Crippen molar-refractivity contribution >= 4 is 45.9 Å². The highest BCUT2D eigenvalue weighted by molar-refractivity contribution is 6.36. The Labute approximate surface area is 166 Å². The van der Waals surface area contributed by atoms with Crippen molar-refractivity contribution in [3.63, 3.8) is 0 Å². The Hall–Kier alpha value is -2.50. The van der Waals surface area contributed by atoms with Gasteiger partial charge in [0.05, 0.1) is 22.8 Å². The number of hydrazone groups is 1. The van der Waals surface area contributed by atoms with Crippen LogP contribution in [-0.2, 0) is 4.79 Å². The quantitative estimate of drug-likeness (QED) is 0.621. The number of fused-ring (bicyclic) bond motifs is 1. The van der Waals surface area contributed by atoms with Gasteiger partial charge < -0.3 is 0 Å². The van der Waals surface area contributed by atoms with E-state index in [-0.39, 0.29) is 11.9 Å². The van der Waals surface area contributed by atoms with Crippen LogP contribution in [0.1, 0.15) is 36.9 Å². The van der Waals surface area contributed by atoms with Gasteiger partial charge in [-0.3, -0.25) is 14.8 Å². The summed E-state index contributed by atoms with van der Waals surface area (Å²) >= 11 is 12.5. The predicted molar refractivity (Wildman–Crippen MR) is 107 cm³/mol. The Morgan fingerprint density at radius 3 is 2.67 bits per heavy atom. The molecular formula is C20H16Cl2N4O. The normalized spacial score (nSPS) is 16.6. The van der Waals surface area contributed by atoms with E-state index in [4.69, 9.17) is 23.2 Å². The number of carbonyl (C=O) groups is 1. The first-order chi connectivity index (χ1) is 13.1.